The third-order valence-corrected chi connectivity index (χ3v) is 2.68. The number of amidine groups is 1. The van der Waals surface area contributed by atoms with Crippen LogP contribution in [-0.2, 0) is 4.74 Å². The van der Waals surface area contributed by atoms with E-state index in [1.54, 1.807) is 0 Å². The Balaban J connectivity index is 2.13. The van der Waals surface area contributed by atoms with Crippen LogP contribution in [0.2, 0.25) is 0 Å². The van der Waals surface area contributed by atoms with E-state index in [4.69, 9.17) is 27.9 Å². The number of nitrogens with zero attached hydrogens (tertiary/aromatic N) is 3. The van der Waals surface area contributed by atoms with Crippen LogP contribution in [0.15, 0.2) is 9.98 Å². The molecule has 78 valence electrons. The average molecular weight is 237 g/mol. The molecule has 5 nitrogen and oxygen atoms in total. The molecular formula is C7H10Cl2N4O. The number of ether oxygens (including phenoxy) is 1. The van der Waals surface area contributed by atoms with Crippen LogP contribution in [-0.4, -0.2) is 48.1 Å². The second-order valence-electron chi connectivity index (χ2n) is 2.96. The van der Waals surface area contributed by atoms with Gasteiger partial charge >= 0.3 is 0 Å². The number of alkyl halides is 1. The van der Waals surface area contributed by atoms with E-state index in [-0.39, 0.29) is 5.29 Å². The molecule has 2 rings (SSSR count). The van der Waals surface area contributed by atoms with Crippen molar-refractivity contribution in [2.24, 2.45) is 9.98 Å². The highest BCUT2D eigenvalue weighted by atomic mass is 35.5. The van der Waals surface area contributed by atoms with Crippen LogP contribution >= 0.6 is 23.2 Å². The van der Waals surface area contributed by atoms with Gasteiger partial charge in [-0.15, -0.1) is 0 Å². The molecule has 1 fully saturated rings. The Labute approximate surface area is 91.7 Å². The van der Waals surface area contributed by atoms with Crippen LogP contribution in [0.25, 0.3) is 0 Å². The quantitative estimate of drug-likeness (QED) is 0.530. The number of hydrogen-bond acceptors (Lipinski definition) is 5. The zero-order valence-electron chi connectivity index (χ0n) is 7.41. The summed E-state index contributed by atoms with van der Waals surface area (Å²) in [7, 11) is 0. The molecule has 0 spiro atoms. The van der Waals surface area contributed by atoms with Gasteiger partial charge in [0.25, 0.3) is 5.25 Å². The summed E-state index contributed by atoms with van der Waals surface area (Å²) in [4.78, 5) is 10.0. The first-order valence-corrected chi connectivity index (χ1v) is 5.04. The maximum absolute atomic E-state index is 6.21. The number of rotatable bonds is 1. The molecule has 0 aromatic carbocycles. The molecule has 2 aliphatic rings. The summed E-state index contributed by atoms with van der Waals surface area (Å²) in [6.07, 6.45) is 1.46. The standard InChI is InChI=1S/C7H10Cl2N4O/c8-6-10-5-11-7(9,12-6)13-1-3-14-4-2-13/h5H,1-4H2,(H,10,11,12). The number of nitrogens with one attached hydrogen (secondary N) is 1. The van der Waals surface area contributed by atoms with Gasteiger partial charge in [-0.25, -0.2) is 9.89 Å². The second kappa shape index (κ2) is 4.02. The molecule has 0 aromatic heterocycles. The Morgan fingerprint density at radius 2 is 2.21 bits per heavy atom. The fourth-order valence-corrected chi connectivity index (χ4v) is 1.87. The molecule has 2 heterocycles. The number of aliphatic imine (C=N–C) groups is 2. The minimum atomic E-state index is -1.09. The molecule has 0 aliphatic carbocycles. The van der Waals surface area contributed by atoms with Gasteiger partial charge in [0.2, 0.25) is 5.29 Å². The Morgan fingerprint density at radius 1 is 1.50 bits per heavy atom. The molecule has 2 aliphatic heterocycles. The van der Waals surface area contributed by atoms with E-state index in [1.807, 2.05) is 4.90 Å². The third kappa shape index (κ3) is 2.00. The van der Waals surface area contributed by atoms with Gasteiger partial charge in [0.1, 0.15) is 0 Å². The zero-order chi connectivity index (χ0) is 10.0. The SMILES string of the molecule is ClC1=NC(Cl)(N2CCOCC2)N=CN1. The number of halogens is 2. The van der Waals surface area contributed by atoms with Gasteiger partial charge in [-0.05, 0) is 23.2 Å². The van der Waals surface area contributed by atoms with Crippen molar-refractivity contribution in [3.8, 4) is 0 Å². The van der Waals surface area contributed by atoms with Crippen LogP contribution in [0.5, 0.6) is 0 Å². The van der Waals surface area contributed by atoms with Gasteiger partial charge in [0, 0.05) is 13.1 Å². The zero-order valence-corrected chi connectivity index (χ0v) is 8.92. The van der Waals surface area contributed by atoms with Crippen molar-refractivity contribution in [2.75, 3.05) is 26.3 Å². The largest absolute Gasteiger partial charge is 0.379 e. The molecule has 1 unspecified atom stereocenters. The predicted molar refractivity (Wildman–Crippen MR) is 55.9 cm³/mol. The molecule has 1 N–H and O–H groups in total. The van der Waals surface area contributed by atoms with E-state index in [2.05, 4.69) is 15.3 Å². The van der Waals surface area contributed by atoms with Crippen molar-refractivity contribution >= 4 is 34.8 Å². The summed E-state index contributed by atoms with van der Waals surface area (Å²) in [5.74, 6) is 0. The van der Waals surface area contributed by atoms with Crippen LogP contribution < -0.4 is 5.32 Å². The third-order valence-electron chi connectivity index (χ3n) is 2.07. The molecular weight excluding hydrogens is 227 g/mol. The van der Waals surface area contributed by atoms with Crippen LogP contribution in [0.3, 0.4) is 0 Å². The van der Waals surface area contributed by atoms with Crippen LogP contribution in [0.4, 0.5) is 0 Å². The van der Waals surface area contributed by atoms with Crippen molar-refractivity contribution in [1.82, 2.24) is 10.2 Å². The number of hydrogen-bond donors (Lipinski definition) is 1. The summed E-state index contributed by atoms with van der Waals surface area (Å²) >= 11 is 11.9. The first kappa shape index (κ1) is 10.2. The van der Waals surface area contributed by atoms with Crippen LogP contribution in [0.1, 0.15) is 0 Å². The van der Waals surface area contributed by atoms with Gasteiger partial charge in [0.05, 0.1) is 19.6 Å². The van der Waals surface area contributed by atoms with Crippen molar-refractivity contribution in [1.29, 1.82) is 0 Å². The Bertz CT molecular complexity index is 277. The summed E-state index contributed by atoms with van der Waals surface area (Å²) in [6, 6.07) is 0. The monoisotopic (exact) mass is 236 g/mol. The molecule has 14 heavy (non-hydrogen) atoms. The molecule has 1 atom stereocenters. The van der Waals surface area contributed by atoms with Gasteiger partial charge in [-0.1, -0.05) is 0 Å². The van der Waals surface area contributed by atoms with E-state index < -0.39 is 5.25 Å². The maximum Gasteiger partial charge on any atom is 0.291 e. The fourth-order valence-electron chi connectivity index (χ4n) is 1.35. The molecule has 0 bridgehead atoms. The smallest absolute Gasteiger partial charge is 0.291 e. The van der Waals surface area contributed by atoms with Gasteiger partial charge < -0.3 is 10.1 Å². The van der Waals surface area contributed by atoms with E-state index in [1.165, 1.54) is 6.34 Å². The molecule has 1 saturated heterocycles. The highest BCUT2D eigenvalue weighted by Gasteiger charge is 2.36. The lowest BCUT2D eigenvalue weighted by Crippen LogP contribution is -2.50. The molecule has 0 amide bonds. The highest BCUT2D eigenvalue weighted by molar-refractivity contribution is 6.66. The van der Waals surface area contributed by atoms with Crippen LogP contribution in [0, 0.1) is 0 Å². The van der Waals surface area contributed by atoms with Gasteiger partial charge in [0.15, 0.2) is 0 Å². The average Bonchev–Trinajstić information content (AvgIpc) is 2.19. The molecule has 0 saturated carbocycles. The summed E-state index contributed by atoms with van der Waals surface area (Å²) in [5, 5.41) is 1.82. The van der Waals surface area contributed by atoms with Crippen molar-refractivity contribution < 1.29 is 4.74 Å². The lowest BCUT2D eigenvalue weighted by molar-refractivity contribution is 0.00908. The van der Waals surface area contributed by atoms with Gasteiger partial charge in [-0.2, -0.15) is 4.99 Å². The minimum absolute atomic E-state index is 0.251. The van der Waals surface area contributed by atoms with Crippen molar-refractivity contribution in [3.63, 3.8) is 0 Å². The highest BCUT2D eigenvalue weighted by Crippen LogP contribution is 2.26. The Hall–Kier alpha value is -0.360. The summed E-state index contributed by atoms with van der Waals surface area (Å²) in [6.45, 7) is 2.69. The van der Waals surface area contributed by atoms with Gasteiger partial charge in [-0.3, -0.25) is 0 Å². The molecule has 0 radical (unpaired) electrons. The lowest BCUT2D eigenvalue weighted by Gasteiger charge is -2.36. The first-order valence-electron chi connectivity index (χ1n) is 4.28. The summed E-state index contributed by atoms with van der Waals surface area (Å²) < 4.78 is 5.21. The van der Waals surface area contributed by atoms with E-state index in [0.717, 1.165) is 0 Å². The fraction of sp³-hybridized carbons (Fsp3) is 0.714. The number of morpholine rings is 1. The Kier molecular flexibility index (Phi) is 2.92. The molecule has 7 heteroatoms. The summed E-state index contributed by atoms with van der Waals surface area (Å²) in [5.41, 5.74) is 0. The van der Waals surface area contributed by atoms with E-state index >= 15 is 0 Å². The lowest BCUT2D eigenvalue weighted by atomic mass is 10.4. The second-order valence-corrected chi connectivity index (χ2v) is 3.82. The topological polar surface area (TPSA) is 49.2 Å². The van der Waals surface area contributed by atoms with E-state index in [9.17, 15) is 0 Å². The minimum Gasteiger partial charge on any atom is -0.379 e. The normalized spacial score (nSPS) is 33.7. The Morgan fingerprint density at radius 3 is 2.86 bits per heavy atom. The maximum atomic E-state index is 6.21. The van der Waals surface area contributed by atoms with Crippen molar-refractivity contribution in [3.05, 3.63) is 0 Å². The first-order chi connectivity index (χ1) is 6.71. The van der Waals surface area contributed by atoms with E-state index in [0.29, 0.717) is 26.3 Å². The molecule has 0 aromatic rings. The predicted octanol–water partition coefficient (Wildman–Crippen LogP) is 0.395. The van der Waals surface area contributed by atoms with Crippen molar-refractivity contribution in [2.45, 2.75) is 5.25 Å².